The summed E-state index contributed by atoms with van der Waals surface area (Å²) in [5.74, 6) is 2.03. The Morgan fingerprint density at radius 1 is 0.328 bits per heavy atom. The van der Waals surface area contributed by atoms with Crippen LogP contribution in [0, 0.1) is 6.92 Å². The van der Waals surface area contributed by atoms with Gasteiger partial charge in [-0.1, -0.05) is 200 Å². The maximum atomic E-state index is 5.02. The predicted octanol–water partition coefficient (Wildman–Crippen LogP) is 13.5. The van der Waals surface area contributed by atoms with Crippen LogP contribution in [0.4, 0.5) is 0 Å². The van der Waals surface area contributed by atoms with Crippen LogP contribution < -0.4 is 0 Å². The molecule has 0 spiro atoms. The van der Waals surface area contributed by atoms with Crippen LogP contribution in [0.5, 0.6) is 0 Å². The molecule has 0 saturated carbocycles. The maximum absolute atomic E-state index is 5.02. The van der Waals surface area contributed by atoms with E-state index >= 15 is 0 Å². The Hall–Kier alpha value is -7.49. The second kappa shape index (κ2) is 13.6. The molecule has 1 aliphatic rings. The van der Waals surface area contributed by atoms with E-state index in [2.05, 4.69) is 176 Å². The fraction of sp³-hybridized carbons (Fsp3) is 0.0364. The first-order valence-corrected chi connectivity index (χ1v) is 19.9. The van der Waals surface area contributed by atoms with E-state index in [1.165, 1.54) is 55.1 Å². The number of hydrogen-bond donors (Lipinski definition) is 0. The fourth-order valence-electron chi connectivity index (χ4n) is 9.35. The van der Waals surface area contributed by atoms with Crippen LogP contribution in [-0.4, -0.2) is 15.0 Å². The molecule has 1 heterocycles. The minimum atomic E-state index is -0.460. The average molecular weight is 740 g/mol. The minimum Gasteiger partial charge on any atom is -0.213 e. The van der Waals surface area contributed by atoms with E-state index in [1.807, 2.05) is 37.3 Å². The number of hydrogen-bond acceptors (Lipinski definition) is 3. The SMILES string of the molecule is Cc1nc(-c2ccccc2)nc(-c2ccc3ccccc3c2-c2ccc(-c3ccc(C4(c5ccccc5)c5ccccc5-c5c4ccc4ccccc54)cc3)cc2)n1. The normalized spacial score (nSPS) is 14.4. The molecule has 272 valence electrons. The smallest absolute Gasteiger partial charge is 0.164 e. The number of aryl methyl sites for hydroxylation is 1. The summed E-state index contributed by atoms with van der Waals surface area (Å²) in [5, 5.41) is 4.88. The van der Waals surface area contributed by atoms with E-state index in [4.69, 9.17) is 15.0 Å². The molecule has 0 N–H and O–H groups in total. The summed E-state index contributed by atoms with van der Waals surface area (Å²) < 4.78 is 0. The van der Waals surface area contributed by atoms with Crippen LogP contribution in [0.2, 0.25) is 0 Å². The molecule has 3 nitrogen and oxygen atoms in total. The fourth-order valence-corrected chi connectivity index (χ4v) is 9.35. The van der Waals surface area contributed by atoms with Gasteiger partial charge in [0.25, 0.3) is 0 Å². The first kappa shape index (κ1) is 33.8. The lowest BCUT2D eigenvalue weighted by molar-refractivity contribution is 0.769. The summed E-state index contributed by atoms with van der Waals surface area (Å²) >= 11 is 0. The average Bonchev–Trinajstić information content (AvgIpc) is 3.61. The summed E-state index contributed by atoms with van der Waals surface area (Å²) in [5.41, 5.74) is 13.8. The van der Waals surface area contributed by atoms with Crippen LogP contribution in [0.15, 0.2) is 206 Å². The van der Waals surface area contributed by atoms with Crippen molar-refractivity contribution in [3.05, 3.63) is 234 Å². The van der Waals surface area contributed by atoms with Crippen molar-refractivity contribution in [3.8, 4) is 56.2 Å². The number of aromatic nitrogens is 3. The highest BCUT2D eigenvalue weighted by atomic mass is 15.0. The molecule has 0 saturated heterocycles. The Bertz CT molecular complexity index is 3150. The number of fused-ring (bicyclic) bond motifs is 6. The lowest BCUT2D eigenvalue weighted by Crippen LogP contribution is -2.28. The molecule has 11 rings (SSSR count). The molecule has 0 aliphatic heterocycles. The molecule has 1 aliphatic carbocycles. The zero-order valence-corrected chi connectivity index (χ0v) is 32.0. The van der Waals surface area contributed by atoms with E-state index in [1.54, 1.807) is 0 Å². The van der Waals surface area contributed by atoms with Crippen molar-refractivity contribution in [2.45, 2.75) is 12.3 Å². The molecule has 0 bridgehead atoms. The van der Waals surface area contributed by atoms with Gasteiger partial charge in [0.05, 0.1) is 5.41 Å². The van der Waals surface area contributed by atoms with Gasteiger partial charge in [-0.25, -0.2) is 15.0 Å². The van der Waals surface area contributed by atoms with Gasteiger partial charge in [-0.2, -0.15) is 0 Å². The van der Waals surface area contributed by atoms with E-state index in [0.29, 0.717) is 17.5 Å². The Morgan fingerprint density at radius 3 is 1.59 bits per heavy atom. The third-order valence-corrected chi connectivity index (χ3v) is 11.9. The first-order valence-electron chi connectivity index (χ1n) is 19.9. The molecule has 0 fully saturated rings. The zero-order valence-electron chi connectivity index (χ0n) is 32.0. The van der Waals surface area contributed by atoms with Gasteiger partial charge < -0.3 is 0 Å². The molecule has 1 aromatic heterocycles. The van der Waals surface area contributed by atoms with Gasteiger partial charge in [0, 0.05) is 16.7 Å². The van der Waals surface area contributed by atoms with Crippen LogP contribution in [-0.2, 0) is 5.41 Å². The molecule has 0 amide bonds. The van der Waals surface area contributed by atoms with Crippen molar-refractivity contribution in [1.82, 2.24) is 15.0 Å². The topological polar surface area (TPSA) is 38.7 Å². The quantitative estimate of drug-likeness (QED) is 0.170. The van der Waals surface area contributed by atoms with Crippen LogP contribution in [0.25, 0.3) is 77.7 Å². The van der Waals surface area contributed by atoms with Crippen molar-refractivity contribution in [2.24, 2.45) is 0 Å². The minimum absolute atomic E-state index is 0.460. The van der Waals surface area contributed by atoms with Crippen molar-refractivity contribution in [1.29, 1.82) is 0 Å². The van der Waals surface area contributed by atoms with E-state index in [-0.39, 0.29) is 0 Å². The third-order valence-electron chi connectivity index (χ3n) is 11.9. The van der Waals surface area contributed by atoms with Gasteiger partial charge in [-0.3, -0.25) is 0 Å². The second-order valence-corrected chi connectivity index (χ2v) is 15.1. The van der Waals surface area contributed by atoms with Crippen molar-refractivity contribution < 1.29 is 0 Å². The molecular weight excluding hydrogens is 703 g/mol. The lowest BCUT2D eigenvalue weighted by Gasteiger charge is -2.34. The molecule has 1 atom stereocenters. The van der Waals surface area contributed by atoms with Crippen molar-refractivity contribution >= 4 is 21.5 Å². The van der Waals surface area contributed by atoms with Gasteiger partial charge in [0.1, 0.15) is 5.82 Å². The summed E-state index contributed by atoms with van der Waals surface area (Å²) in [6.45, 7) is 1.94. The second-order valence-electron chi connectivity index (χ2n) is 15.1. The highest BCUT2D eigenvalue weighted by Gasteiger charge is 2.46. The molecular formula is C55H37N3. The number of benzene rings is 9. The van der Waals surface area contributed by atoms with Crippen LogP contribution in [0.1, 0.15) is 28.1 Å². The first-order chi connectivity index (χ1) is 28.7. The standard InChI is InChI=1S/C55H37N3/c1-36-56-53(42-16-4-2-5-17-42)58-54(57-36)48-34-30-39-14-8-10-20-45(39)51(48)41-26-24-37(25-27-41)38-28-32-44(33-29-38)55(43-18-6-3-7-19-43)49-23-13-12-22-47(49)52-46-21-11-9-15-40(46)31-35-50(52)55/h2-35H,1H3. The van der Waals surface area contributed by atoms with E-state index in [9.17, 15) is 0 Å². The Labute approximate surface area is 338 Å². The monoisotopic (exact) mass is 739 g/mol. The zero-order chi connectivity index (χ0) is 38.6. The molecule has 3 heteroatoms. The van der Waals surface area contributed by atoms with Gasteiger partial charge in [-0.15, -0.1) is 0 Å². The van der Waals surface area contributed by atoms with Gasteiger partial charge in [0.2, 0.25) is 0 Å². The maximum Gasteiger partial charge on any atom is 0.164 e. The van der Waals surface area contributed by atoms with E-state index < -0.39 is 5.41 Å². The van der Waals surface area contributed by atoms with Crippen LogP contribution >= 0.6 is 0 Å². The molecule has 1 unspecified atom stereocenters. The molecule has 0 radical (unpaired) electrons. The lowest BCUT2D eigenvalue weighted by atomic mass is 9.67. The summed E-state index contributed by atoms with van der Waals surface area (Å²) in [7, 11) is 0. The molecule has 10 aromatic rings. The van der Waals surface area contributed by atoms with Crippen molar-refractivity contribution in [3.63, 3.8) is 0 Å². The van der Waals surface area contributed by atoms with E-state index in [0.717, 1.165) is 33.2 Å². The third kappa shape index (κ3) is 5.32. The summed E-state index contributed by atoms with van der Waals surface area (Å²) in [6, 6.07) is 74.6. The van der Waals surface area contributed by atoms with Gasteiger partial charge in [-0.05, 0) is 84.6 Å². The summed E-state index contributed by atoms with van der Waals surface area (Å²) in [6.07, 6.45) is 0. The largest absolute Gasteiger partial charge is 0.213 e. The van der Waals surface area contributed by atoms with Crippen LogP contribution in [0.3, 0.4) is 0 Å². The molecule has 58 heavy (non-hydrogen) atoms. The number of rotatable bonds is 6. The van der Waals surface area contributed by atoms with Gasteiger partial charge in [0.15, 0.2) is 11.6 Å². The molecule has 9 aromatic carbocycles. The van der Waals surface area contributed by atoms with Crippen molar-refractivity contribution in [2.75, 3.05) is 0 Å². The Balaban J connectivity index is 1.02. The van der Waals surface area contributed by atoms with Gasteiger partial charge >= 0.3 is 0 Å². The predicted molar refractivity (Wildman–Crippen MR) is 239 cm³/mol. The highest BCUT2D eigenvalue weighted by Crippen LogP contribution is 2.57. The number of nitrogens with zero attached hydrogens (tertiary/aromatic N) is 3. The highest BCUT2D eigenvalue weighted by molar-refractivity contribution is 6.05. The Kier molecular flexibility index (Phi) is 7.94. The Morgan fingerprint density at radius 2 is 0.862 bits per heavy atom. The summed E-state index contributed by atoms with van der Waals surface area (Å²) in [4.78, 5) is 14.6.